The number of nitrogens with two attached hydrogens (primary N) is 1. The van der Waals surface area contributed by atoms with Crippen molar-refractivity contribution in [2.24, 2.45) is 5.10 Å². The molecular weight excluding hydrogens is 444 g/mol. The summed E-state index contributed by atoms with van der Waals surface area (Å²) in [6, 6.07) is 16.2. The zero-order valence-electron chi connectivity index (χ0n) is 19.6. The quantitative estimate of drug-likeness (QED) is 0.139. The lowest BCUT2D eigenvalue weighted by atomic mass is 9.95. The average molecular weight is 477 g/mol. The Hall–Kier alpha value is -3.62. The summed E-state index contributed by atoms with van der Waals surface area (Å²) in [5.74, 6) is 0.165. The molecule has 8 nitrogen and oxygen atoms in total. The highest BCUT2D eigenvalue weighted by atomic mass is 16.5. The van der Waals surface area contributed by atoms with Crippen molar-refractivity contribution < 1.29 is 19.7 Å². The largest absolute Gasteiger partial charge is 0.506 e. The molecule has 0 aliphatic heterocycles. The zero-order chi connectivity index (χ0) is 24.6. The maximum atomic E-state index is 12.3. The van der Waals surface area contributed by atoms with E-state index in [4.69, 9.17) is 10.5 Å². The molecule has 1 saturated carbocycles. The van der Waals surface area contributed by atoms with Crippen LogP contribution in [0.15, 0.2) is 59.7 Å². The minimum Gasteiger partial charge on any atom is -0.506 e. The number of phenolic OH excluding ortho intramolecular Hbond substituents is 1. The molecule has 184 valence electrons. The molecule has 1 atom stereocenters. The number of aromatic hydroxyl groups is 1. The lowest BCUT2D eigenvalue weighted by Crippen LogP contribution is -2.38. The van der Waals surface area contributed by atoms with Crippen LogP contribution in [0.1, 0.15) is 48.0 Å². The first-order valence-corrected chi connectivity index (χ1v) is 12.0. The molecule has 8 heteroatoms. The van der Waals surface area contributed by atoms with Crippen molar-refractivity contribution in [3.63, 3.8) is 0 Å². The van der Waals surface area contributed by atoms with Crippen molar-refractivity contribution in [1.82, 2.24) is 10.7 Å². The highest BCUT2D eigenvalue weighted by molar-refractivity contribution is 6.03. The van der Waals surface area contributed by atoms with E-state index in [1.165, 1.54) is 50.3 Å². The van der Waals surface area contributed by atoms with Crippen LogP contribution < -0.4 is 21.2 Å². The van der Waals surface area contributed by atoms with Gasteiger partial charge in [-0.25, -0.2) is 5.43 Å². The van der Waals surface area contributed by atoms with Crippen LogP contribution in [-0.4, -0.2) is 47.6 Å². The second-order valence-electron chi connectivity index (χ2n) is 8.88. The van der Waals surface area contributed by atoms with Crippen molar-refractivity contribution >= 4 is 28.6 Å². The highest BCUT2D eigenvalue weighted by Gasteiger charge is 2.15. The van der Waals surface area contributed by atoms with Crippen molar-refractivity contribution in [2.45, 2.75) is 44.2 Å². The number of aliphatic hydroxyl groups is 1. The van der Waals surface area contributed by atoms with Gasteiger partial charge in [-0.3, -0.25) is 4.79 Å². The number of fused-ring (bicyclic) bond motifs is 1. The van der Waals surface area contributed by atoms with Crippen molar-refractivity contribution in [3.8, 4) is 11.5 Å². The summed E-state index contributed by atoms with van der Waals surface area (Å²) in [6.45, 7) is 0.711. The fourth-order valence-corrected chi connectivity index (χ4v) is 4.31. The van der Waals surface area contributed by atoms with Gasteiger partial charge in [0.15, 0.2) is 0 Å². The Morgan fingerprint density at radius 1 is 1.11 bits per heavy atom. The van der Waals surface area contributed by atoms with E-state index in [-0.39, 0.29) is 18.0 Å². The van der Waals surface area contributed by atoms with Crippen molar-refractivity contribution in [3.05, 3.63) is 65.7 Å². The van der Waals surface area contributed by atoms with Crippen LogP contribution in [0.4, 0.5) is 5.69 Å². The maximum Gasteiger partial charge on any atom is 0.271 e. The first kappa shape index (κ1) is 24.5. The Balaban J connectivity index is 1.37. The van der Waals surface area contributed by atoms with E-state index in [9.17, 15) is 15.0 Å². The number of nitrogen functional groups attached to an aromatic ring is 1. The molecule has 4 rings (SSSR count). The van der Waals surface area contributed by atoms with Gasteiger partial charge in [0.2, 0.25) is 0 Å². The standard InChI is InChI=1S/C27H32N4O4/c28-24-14-18(10-12-25(24)33)27(34)31-30-15-19-11-13-26(23-9-5-4-8-22(19)23)35-17-21(32)16-29-20-6-2-1-3-7-20/h4-5,8-15,20-21,29,32-33H,1-3,6-7,16-17,28H2,(H,31,34)/b30-15+. The summed E-state index contributed by atoms with van der Waals surface area (Å²) >= 11 is 0. The maximum absolute atomic E-state index is 12.3. The predicted octanol–water partition coefficient (Wildman–Crippen LogP) is 3.55. The SMILES string of the molecule is Nc1cc(C(=O)N/N=C/c2ccc(OCC(O)CNC3CCCCC3)c3ccccc23)ccc1O. The molecule has 0 bridgehead atoms. The van der Waals surface area contributed by atoms with Gasteiger partial charge in [-0.05, 0) is 48.6 Å². The molecule has 3 aromatic carbocycles. The number of anilines is 1. The Morgan fingerprint density at radius 3 is 2.66 bits per heavy atom. The van der Waals surface area contributed by atoms with Gasteiger partial charge in [-0.15, -0.1) is 0 Å². The summed E-state index contributed by atoms with van der Waals surface area (Å²) in [7, 11) is 0. The van der Waals surface area contributed by atoms with E-state index in [0.29, 0.717) is 23.9 Å². The number of ether oxygens (including phenoxy) is 1. The van der Waals surface area contributed by atoms with Gasteiger partial charge in [0.1, 0.15) is 24.2 Å². The predicted molar refractivity (Wildman–Crippen MR) is 138 cm³/mol. The second-order valence-corrected chi connectivity index (χ2v) is 8.88. The van der Waals surface area contributed by atoms with Gasteiger partial charge in [0.25, 0.3) is 5.91 Å². The van der Waals surface area contributed by atoms with Crippen molar-refractivity contribution in [2.75, 3.05) is 18.9 Å². The summed E-state index contributed by atoms with van der Waals surface area (Å²) in [5.41, 5.74) is 9.35. The van der Waals surface area contributed by atoms with Crippen LogP contribution in [0, 0.1) is 0 Å². The third-order valence-electron chi connectivity index (χ3n) is 6.26. The number of carbonyl (C=O) groups is 1. The Kier molecular flexibility index (Phi) is 8.18. The van der Waals surface area contributed by atoms with Gasteiger partial charge >= 0.3 is 0 Å². The van der Waals surface area contributed by atoms with Crippen LogP contribution in [0.25, 0.3) is 10.8 Å². The third kappa shape index (κ3) is 6.49. The smallest absolute Gasteiger partial charge is 0.271 e. The first-order chi connectivity index (χ1) is 17.0. The molecule has 3 aromatic rings. The topological polar surface area (TPSA) is 129 Å². The highest BCUT2D eigenvalue weighted by Crippen LogP contribution is 2.28. The second kappa shape index (κ2) is 11.7. The molecule has 35 heavy (non-hydrogen) atoms. The number of rotatable bonds is 9. The molecule has 1 aliphatic carbocycles. The van der Waals surface area contributed by atoms with Crippen LogP contribution in [-0.2, 0) is 0 Å². The van der Waals surface area contributed by atoms with Crippen LogP contribution >= 0.6 is 0 Å². The number of aliphatic hydroxyl groups excluding tert-OH is 1. The van der Waals surface area contributed by atoms with E-state index < -0.39 is 12.0 Å². The summed E-state index contributed by atoms with van der Waals surface area (Å²) in [6.07, 6.45) is 7.12. The van der Waals surface area contributed by atoms with Gasteiger partial charge < -0.3 is 26.0 Å². The average Bonchev–Trinajstić information content (AvgIpc) is 2.89. The molecule has 1 unspecified atom stereocenters. The van der Waals surface area contributed by atoms with Crippen LogP contribution in [0.3, 0.4) is 0 Å². The van der Waals surface area contributed by atoms with E-state index >= 15 is 0 Å². The molecular formula is C27H32N4O4. The van der Waals surface area contributed by atoms with Gasteiger partial charge in [-0.2, -0.15) is 5.10 Å². The normalized spacial score (nSPS) is 15.3. The number of nitrogens with one attached hydrogen (secondary N) is 2. The number of nitrogens with zero attached hydrogens (tertiary/aromatic N) is 1. The summed E-state index contributed by atoms with van der Waals surface area (Å²) in [5, 5.41) is 29.2. The molecule has 0 radical (unpaired) electrons. The molecule has 0 saturated heterocycles. The molecule has 0 heterocycles. The Morgan fingerprint density at radius 2 is 1.89 bits per heavy atom. The van der Waals surface area contributed by atoms with Gasteiger partial charge in [0.05, 0.1) is 11.9 Å². The van der Waals surface area contributed by atoms with Crippen LogP contribution in [0.2, 0.25) is 0 Å². The van der Waals surface area contributed by atoms with Gasteiger partial charge in [0, 0.05) is 29.1 Å². The summed E-state index contributed by atoms with van der Waals surface area (Å²) in [4.78, 5) is 12.3. The van der Waals surface area contributed by atoms with E-state index in [1.807, 2.05) is 36.4 Å². The van der Waals surface area contributed by atoms with E-state index in [0.717, 1.165) is 16.3 Å². The molecule has 1 aliphatic rings. The number of carbonyl (C=O) groups excluding carboxylic acids is 1. The first-order valence-electron chi connectivity index (χ1n) is 12.0. The van der Waals surface area contributed by atoms with Gasteiger partial charge in [-0.1, -0.05) is 43.5 Å². The molecule has 0 aromatic heterocycles. The molecule has 6 N–H and O–H groups in total. The lowest BCUT2D eigenvalue weighted by Gasteiger charge is -2.24. The number of phenols is 1. The fraction of sp³-hybridized carbons (Fsp3) is 0.333. The van der Waals surface area contributed by atoms with E-state index in [1.54, 1.807) is 6.21 Å². The molecule has 1 amide bonds. The Labute approximate surface area is 204 Å². The van der Waals surface area contributed by atoms with Crippen LogP contribution in [0.5, 0.6) is 11.5 Å². The fourth-order valence-electron chi connectivity index (χ4n) is 4.31. The number of hydrogen-bond acceptors (Lipinski definition) is 7. The van der Waals surface area contributed by atoms with Crippen molar-refractivity contribution in [1.29, 1.82) is 0 Å². The Bertz CT molecular complexity index is 1190. The third-order valence-corrected chi connectivity index (χ3v) is 6.26. The lowest BCUT2D eigenvalue weighted by molar-refractivity contribution is 0.0955. The monoisotopic (exact) mass is 476 g/mol. The minimum absolute atomic E-state index is 0.0770. The number of hydrazone groups is 1. The number of hydrogen-bond donors (Lipinski definition) is 5. The summed E-state index contributed by atoms with van der Waals surface area (Å²) < 4.78 is 5.96. The molecule has 0 spiro atoms. The minimum atomic E-state index is -0.596. The van der Waals surface area contributed by atoms with E-state index in [2.05, 4.69) is 15.8 Å². The zero-order valence-corrected chi connectivity index (χ0v) is 19.6. The number of benzene rings is 3. The molecule has 1 fully saturated rings. The number of amides is 1.